The molecule has 1 amide bonds. The lowest BCUT2D eigenvalue weighted by Crippen LogP contribution is -2.29. The summed E-state index contributed by atoms with van der Waals surface area (Å²) in [7, 11) is 0. The number of ether oxygens (including phenoxy) is 1. The number of esters is 1. The maximum Gasteiger partial charge on any atom is 0.338 e. The molecule has 0 saturated carbocycles. The molecule has 3 N–H and O–H groups in total. The molecule has 1 heterocycles. The van der Waals surface area contributed by atoms with Gasteiger partial charge in [-0.25, -0.2) is 4.79 Å². The molecule has 29 heavy (non-hydrogen) atoms. The number of benzene rings is 2. The first-order valence-electron chi connectivity index (χ1n) is 9.30. The molecule has 3 rings (SSSR count). The number of nitrogens with two attached hydrogens (primary N) is 1. The minimum absolute atomic E-state index is 0.0513. The highest BCUT2D eigenvalue weighted by molar-refractivity contribution is 5.96. The number of piperidine rings is 1. The molecule has 1 saturated heterocycles. The molecule has 0 spiro atoms. The van der Waals surface area contributed by atoms with Crippen LogP contribution < -0.4 is 16.0 Å². The Morgan fingerprint density at radius 1 is 1.10 bits per heavy atom. The van der Waals surface area contributed by atoms with Crippen LogP contribution in [0.15, 0.2) is 42.5 Å². The van der Waals surface area contributed by atoms with Gasteiger partial charge in [0.05, 0.1) is 10.5 Å². The second kappa shape index (κ2) is 9.05. The van der Waals surface area contributed by atoms with Crippen LogP contribution in [0.5, 0.6) is 0 Å². The van der Waals surface area contributed by atoms with Crippen molar-refractivity contribution in [3.05, 3.63) is 58.1 Å². The fourth-order valence-corrected chi connectivity index (χ4v) is 3.15. The Morgan fingerprint density at radius 2 is 1.79 bits per heavy atom. The van der Waals surface area contributed by atoms with Gasteiger partial charge >= 0.3 is 5.97 Å². The molecule has 1 aliphatic heterocycles. The lowest BCUT2D eigenvalue weighted by atomic mass is 10.1. The van der Waals surface area contributed by atoms with Gasteiger partial charge in [-0.05, 0) is 55.7 Å². The Morgan fingerprint density at radius 3 is 2.45 bits per heavy atom. The number of rotatable bonds is 6. The van der Waals surface area contributed by atoms with Crippen molar-refractivity contribution in [2.45, 2.75) is 19.3 Å². The standard InChI is InChI=1S/C20H22N4O5/c21-17-9-4-14(12-18(17)24(27)28)20(26)29-13-19(25)22-15-5-7-16(8-6-15)23-10-2-1-3-11-23/h4-9,12H,1-3,10-11,13,21H2,(H,22,25). The number of nitrogens with one attached hydrogen (secondary N) is 1. The van der Waals surface area contributed by atoms with Crippen LogP contribution in [0.1, 0.15) is 29.6 Å². The average molecular weight is 398 g/mol. The van der Waals surface area contributed by atoms with E-state index in [-0.39, 0.29) is 11.3 Å². The highest BCUT2D eigenvalue weighted by Gasteiger charge is 2.17. The maximum atomic E-state index is 12.0. The van der Waals surface area contributed by atoms with Gasteiger partial charge in [0.25, 0.3) is 11.6 Å². The minimum Gasteiger partial charge on any atom is -0.452 e. The van der Waals surface area contributed by atoms with E-state index in [1.165, 1.54) is 31.4 Å². The molecule has 2 aromatic rings. The van der Waals surface area contributed by atoms with E-state index in [0.29, 0.717) is 5.69 Å². The number of amides is 1. The number of anilines is 3. The molecule has 9 heteroatoms. The molecule has 0 radical (unpaired) electrons. The summed E-state index contributed by atoms with van der Waals surface area (Å²) in [5.74, 6) is -1.35. The lowest BCUT2D eigenvalue weighted by Gasteiger charge is -2.28. The number of hydrogen-bond donors (Lipinski definition) is 2. The smallest absolute Gasteiger partial charge is 0.338 e. The van der Waals surface area contributed by atoms with Gasteiger partial charge in [0.15, 0.2) is 6.61 Å². The fourth-order valence-electron chi connectivity index (χ4n) is 3.15. The van der Waals surface area contributed by atoms with Gasteiger partial charge < -0.3 is 20.7 Å². The number of nitrogen functional groups attached to an aromatic ring is 1. The molecule has 0 aliphatic carbocycles. The summed E-state index contributed by atoms with van der Waals surface area (Å²) in [4.78, 5) is 36.6. The summed E-state index contributed by atoms with van der Waals surface area (Å²) < 4.78 is 4.93. The van der Waals surface area contributed by atoms with Crippen LogP contribution in [0.3, 0.4) is 0 Å². The topological polar surface area (TPSA) is 128 Å². The Labute approximate surface area is 167 Å². The van der Waals surface area contributed by atoms with E-state index in [2.05, 4.69) is 10.2 Å². The van der Waals surface area contributed by atoms with Gasteiger partial charge in [-0.3, -0.25) is 14.9 Å². The molecular formula is C20H22N4O5. The third-order valence-corrected chi connectivity index (χ3v) is 4.67. The minimum atomic E-state index is -0.844. The first-order valence-corrected chi connectivity index (χ1v) is 9.30. The summed E-state index contributed by atoms with van der Waals surface area (Å²) in [6.07, 6.45) is 3.62. The zero-order valence-corrected chi connectivity index (χ0v) is 15.8. The van der Waals surface area contributed by atoms with E-state index in [1.54, 1.807) is 12.1 Å². The lowest BCUT2D eigenvalue weighted by molar-refractivity contribution is -0.383. The molecule has 0 bridgehead atoms. The van der Waals surface area contributed by atoms with Gasteiger partial charge in [0, 0.05) is 30.5 Å². The number of carbonyl (C=O) groups is 2. The van der Waals surface area contributed by atoms with Crippen LogP contribution in [0, 0.1) is 10.1 Å². The highest BCUT2D eigenvalue weighted by atomic mass is 16.6. The van der Waals surface area contributed by atoms with E-state index in [9.17, 15) is 19.7 Å². The van der Waals surface area contributed by atoms with Crippen molar-refractivity contribution < 1.29 is 19.2 Å². The molecular weight excluding hydrogens is 376 g/mol. The van der Waals surface area contributed by atoms with Crippen LogP contribution in [0.25, 0.3) is 0 Å². The third kappa shape index (κ3) is 5.22. The molecule has 1 aliphatic rings. The van der Waals surface area contributed by atoms with Gasteiger partial charge in [-0.1, -0.05) is 0 Å². The van der Waals surface area contributed by atoms with Gasteiger partial charge in [0.2, 0.25) is 0 Å². The van der Waals surface area contributed by atoms with Gasteiger partial charge in [-0.2, -0.15) is 0 Å². The van der Waals surface area contributed by atoms with E-state index in [0.717, 1.165) is 24.8 Å². The molecule has 0 aromatic heterocycles. The Hall–Kier alpha value is -3.62. The van der Waals surface area contributed by atoms with Gasteiger partial charge in [-0.15, -0.1) is 0 Å². The van der Waals surface area contributed by atoms with Gasteiger partial charge in [0.1, 0.15) is 5.69 Å². The maximum absolute atomic E-state index is 12.0. The van der Waals surface area contributed by atoms with Crippen LogP contribution in [-0.2, 0) is 9.53 Å². The molecule has 0 atom stereocenters. The first-order chi connectivity index (χ1) is 13.9. The number of carbonyl (C=O) groups excluding carboxylic acids is 2. The number of nitro benzene ring substituents is 1. The highest BCUT2D eigenvalue weighted by Crippen LogP contribution is 2.23. The van der Waals surface area contributed by atoms with Crippen LogP contribution >= 0.6 is 0 Å². The molecule has 2 aromatic carbocycles. The van der Waals surface area contributed by atoms with E-state index < -0.39 is 29.1 Å². The van der Waals surface area contributed by atoms with Crippen molar-refractivity contribution in [2.75, 3.05) is 35.6 Å². The number of nitrogens with zero attached hydrogens (tertiary/aromatic N) is 2. The van der Waals surface area contributed by atoms with Crippen molar-refractivity contribution in [3.63, 3.8) is 0 Å². The second-order valence-corrected chi connectivity index (χ2v) is 6.75. The SMILES string of the molecule is Nc1ccc(C(=O)OCC(=O)Nc2ccc(N3CCCCC3)cc2)cc1[N+](=O)[O-]. The Balaban J connectivity index is 1.52. The molecule has 1 fully saturated rings. The molecule has 152 valence electrons. The summed E-state index contributed by atoms with van der Waals surface area (Å²) in [5.41, 5.74) is 6.70. The predicted octanol–water partition coefficient (Wildman–Crippen LogP) is 2.96. The van der Waals surface area contributed by atoms with Crippen molar-refractivity contribution >= 4 is 34.6 Å². The quantitative estimate of drug-likeness (QED) is 0.331. The predicted molar refractivity (Wildman–Crippen MR) is 109 cm³/mol. The zero-order valence-electron chi connectivity index (χ0n) is 15.8. The normalized spacial score (nSPS) is 13.6. The zero-order chi connectivity index (χ0) is 20.8. The summed E-state index contributed by atoms with van der Waals surface area (Å²) >= 11 is 0. The largest absolute Gasteiger partial charge is 0.452 e. The van der Waals surface area contributed by atoms with Crippen molar-refractivity contribution in [1.82, 2.24) is 0 Å². The van der Waals surface area contributed by atoms with Crippen LogP contribution in [-0.4, -0.2) is 36.5 Å². The summed E-state index contributed by atoms with van der Waals surface area (Å²) in [6.45, 7) is 1.56. The van der Waals surface area contributed by atoms with E-state index in [1.807, 2.05) is 12.1 Å². The van der Waals surface area contributed by atoms with Crippen molar-refractivity contribution in [3.8, 4) is 0 Å². The van der Waals surface area contributed by atoms with Crippen LogP contribution in [0.4, 0.5) is 22.7 Å². The number of hydrogen-bond acceptors (Lipinski definition) is 7. The molecule has 0 unspecified atom stereocenters. The Bertz CT molecular complexity index is 908. The summed E-state index contributed by atoms with van der Waals surface area (Å²) in [5, 5.41) is 13.6. The average Bonchev–Trinajstić information content (AvgIpc) is 2.73. The van der Waals surface area contributed by atoms with Crippen molar-refractivity contribution in [2.24, 2.45) is 0 Å². The summed E-state index contributed by atoms with van der Waals surface area (Å²) in [6, 6.07) is 11.1. The second-order valence-electron chi connectivity index (χ2n) is 6.75. The fraction of sp³-hybridized carbons (Fsp3) is 0.300. The van der Waals surface area contributed by atoms with E-state index >= 15 is 0 Å². The van der Waals surface area contributed by atoms with Crippen molar-refractivity contribution in [1.29, 1.82) is 0 Å². The van der Waals surface area contributed by atoms with E-state index in [4.69, 9.17) is 10.5 Å². The first kappa shape index (κ1) is 20.1. The number of nitro groups is 1. The third-order valence-electron chi connectivity index (χ3n) is 4.67. The monoisotopic (exact) mass is 398 g/mol. The Kier molecular flexibility index (Phi) is 6.28. The molecule has 9 nitrogen and oxygen atoms in total. The van der Waals surface area contributed by atoms with Crippen LogP contribution in [0.2, 0.25) is 0 Å².